The highest BCUT2D eigenvalue weighted by Crippen LogP contribution is 2.35. The van der Waals surface area contributed by atoms with Crippen molar-refractivity contribution in [3.05, 3.63) is 78.2 Å². The first-order valence-electron chi connectivity index (χ1n) is 12.0. The predicted octanol–water partition coefficient (Wildman–Crippen LogP) is 6.25. The first-order chi connectivity index (χ1) is 18.2. The molecule has 7 nitrogen and oxygen atoms in total. The Morgan fingerprint density at radius 2 is 2.03 bits per heavy atom. The number of aromatic nitrogens is 4. The second-order valence-electron chi connectivity index (χ2n) is 8.78. The zero-order chi connectivity index (χ0) is 25.2. The summed E-state index contributed by atoms with van der Waals surface area (Å²) in [6, 6.07) is 16.7. The van der Waals surface area contributed by atoms with Gasteiger partial charge in [0.15, 0.2) is 4.96 Å². The number of benzene rings is 2. The van der Waals surface area contributed by atoms with Gasteiger partial charge in [-0.2, -0.15) is 0 Å². The maximum Gasteiger partial charge on any atom is 0.223 e. The van der Waals surface area contributed by atoms with Gasteiger partial charge < -0.3 is 10.1 Å². The number of nitrogens with one attached hydrogen (secondary N) is 1. The molecule has 4 heterocycles. The van der Waals surface area contributed by atoms with Gasteiger partial charge >= 0.3 is 0 Å². The van der Waals surface area contributed by atoms with Crippen LogP contribution in [0.3, 0.4) is 0 Å². The molecular weight excluding hydrogens is 507 g/mol. The van der Waals surface area contributed by atoms with Crippen LogP contribution in [0.5, 0.6) is 5.75 Å². The van der Waals surface area contributed by atoms with Gasteiger partial charge in [-0.15, -0.1) is 11.3 Å². The minimum Gasteiger partial charge on any atom is -0.497 e. The molecule has 1 atom stereocenters. The molecule has 2 aromatic carbocycles. The molecule has 1 fully saturated rings. The molecule has 0 amide bonds. The fraction of sp³-hybridized carbons (Fsp3) is 0.222. The number of hydrogen-bond donors (Lipinski definition) is 1. The summed E-state index contributed by atoms with van der Waals surface area (Å²) in [5.41, 5.74) is 3.55. The van der Waals surface area contributed by atoms with Crippen LogP contribution >= 0.6 is 23.3 Å². The number of imidazole rings is 1. The van der Waals surface area contributed by atoms with E-state index in [9.17, 15) is 4.39 Å². The molecule has 0 aliphatic carbocycles. The normalized spacial score (nSPS) is 16.2. The minimum atomic E-state index is -0.216. The topological polar surface area (TPSA) is 67.6 Å². The number of anilines is 1. The SMILES string of the molecule is COc1cccc(-c2nc3sccn3c2-c2ccnc(N[C@@H]3CCCN(Sc4ccc(F)cc4)C3)n2)c1. The van der Waals surface area contributed by atoms with Crippen molar-refractivity contribution in [1.82, 2.24) is 23.7 Å². The maximum absolute atomic E-state index is 13.3. The summed E-state index contributed by atoms with van der Waals surface area (Å²) in [6.07, 6.45) is 5.90. The predicted molar refractivity (Wildman–Crippen MR) is 147 cm³/mol. The van der Waals surface area contributed by atoms with Gasteiger partial charge in [-0.25, -0.2) is 23.6 Å². The maximum atomic E-state index is 13.3. The summed E-state index contributed by atoms with van der Waals surface area (Å²) < 4.78 is 23.1. The third kappa shape index (κ3) is 5.18. The van der Waals surface area contributed by atoms with Crippen molar-refractivity contribution in [3.8, 4) is 28.4 Å². The van der Waals surface area contributed by atoms with Crippen molar-refractivity contribution in [2.24, 2.45) is 0 Å². The van der Waals surface area contributed by atoms with Gasteiger partial charge in [0.2, 0.25) is 5.95 Å². The Bertz CT molecular complexity index is 1520. The van der Waals surface area contributed by atoms with Crippen LogP contribution in [-0.2, 0) is 0 Å². The summed E-state index contributed by atoms with van der Waals surface area (Å²) in [4.78, 5) is 16.3. The third-order valence-electron chi connectivity index (χ3n) is 6.27. The van der Waals surface area contributed by atoms with E-state index in [2.05, 4.69) is 19.0 Å². The number of piperidine rings is 1. The molecule has 1 aliphatic rings. The van der Waals surface area contributed by atoms with E-state index in [-0.39, 0.29) is 11.9 Å². The Balaban J connectivity index is 1.25. The molecule has 0 saturated carbocycles. The van der Waals surface area contributed by atoms with Gasteiger partial charge in [0.1, 0.15) is 17.3 Å². The van der Waals surface area contributed by atoms with Gasteiger partial charge in [-0.3, -0.25) is 4.40 Å². The Hall–Kier alpha value is -3.47. The van der Waals surface area contributed by atoms with Gasteiger partial charge in [-0.05, 0) is 67.3 Å². The quantitative estimate of drug-likeness (QED) is 0.249. The second kappa shape index (κ2) is 10.5. The van der Waals surface area contributed by atoms with Gasteiger partial charge in [0.05, 0.1) is 18.5 Å². The first-order valence-corrected chi connectivity index (χ1v) is 13.7. The number of rotatable bonds is 7. The molecule has 0 unspecified atom stereocenters. The van der Waals surface area contributed by atoms with E-state index in [0.717, 1.165) is 64.2 Å². The first kappa shape index (κ1) is 23.9. The number of halogens is 1. The molecule has 1 N–H and O–H groups in total. The summed E-state index contributed by atoms with van der Waals surface area (Å²) >= 11 is 3.25. The Morgan fingerprint density at radius 1 is 1.14 bits per heavy atom. The van der Waals surface area contributed by atoms with Crippen LogP contribution in [-0.4, -0.2) is 49.9 Å². The number of hydrogen-bond acceptors (Lipinski definition) is 8. The minimum absolute atomic E-state index is 0.210. The fourth-order valence-electron chi connectivity index (χ4n) is 4.53. The number of ether oxygens (including phenoxy) is 1. The number of nitrogens with zero attached hydrogens (tertiary/aromatic N) is 5. The molecule has 1 aliphatic heterocycles. The monoisotopic (exact) mass is 532 g/mol. The van der Waals surface area contributed by atoms with Crippen LogP contribution in [0.2, 0.25) is 0 Å². The third-order valence-corrected chi connectivity index (χ3v) is 8.10. The second-order valence-corrected chi connectivity index (χ2v) is 10.8. The average Bonchev–Trinajstić information content (AvgIpc) is 3.52. The van der Waals surface area contributed by atoms with E-state index in [1.54, 1.807) is 36.6 Å². The van der Waals surface area contributed by atoms with Crippen molar-refractivity contribution < 1.29 is 9.13 Å². The number of methoxy groups -OCH3 is 1. The molecule has 37 heavy (non-hydrogen) atoms. The lowest BCUT2D eigenvalue weighted by Crippen LogP contribution is -2.38. The largest absolute Gasteiger partial charge is 0.497 e. The fourth-order valence-corrected chi connectivity index (χ4v) is 6.28. The van der Waals surface area contributed by atoms with Crippen molar-refractivity contribution >= 4 is 34.2 Å². The highest BCUT2D eigenvalue weighted by atomic mass is 32.2. The van der Waals surface area contributed by atoms with Gasteiger partial charge in [0, 0.05) is 47.4 Å². The lowest BCUT2D eigenvalue weighted by atomic mass is 10.1. The zero-order valence-corrected chi connectivity index (χ0v) is 21.8. The van der Waals surface area contributed by atoms with E-state index in [0.29, 0.717) is 5.95 Å². The van der Waals surface area contributed by atoms with Gasteiger partial charge in [0.25, 0.3) is 0 Å². The molecule has 1 saturated heterocycles. The van der Waals surface area contributed by atoms with E-state index in [1.807, 2.05) is 54.0 Å². The molecule has 0 radical (unpaired) electrons. The van der Waals surface area contributed by atoms with Crippen molar-refractivity contribution in [3.63, 3.8) is 0 Å². The summed E-state index contributed by atoms with van der Waals surface area (Å²) in [6.45, 7) is 1.82. The summed E-state index contributed by atoms with van der Waals surface area (Å²) in [7, 11) is 1.67. The van der Waals surface area contributed by atoms with Gasteiger partial charge in [-0.1, -0.05) is 12.1 Å². The summed E-state index contributed by atoms with van der Waals surface area (Å²) in [5, 5.41) is 5.57. The van der Waals surface area contributed by atoms with Crippen molar-refractivity contribution in [1.29, 1.82) is 0 Å². The van der Waals surface area contributed by atoms with Crippen molar-refractivity contribution in [2.45, 2.75) is 23.8 Å². The van der Waals surface area contributed by atoms with Crippen LogP contribution in [0.25, 0.3) is 27.6 Å². The Morgan fingerprint density at radius 3 is 2.89 bits per heavy atom. The smallest absolute Gasteiger partial charge is 0.223 e. The van der Waals surface area contributed by atoms with Crippen LogP contribution in [0, 0.1) is 5.82 Å². The number of thiazole rings is 1. The van der Waals surface area contributed by atoms with Crippen molar-refractivity contribution in [2.75, 3.05) is 25.5 Å². The number of fused-ring (bicyclic) bond motifs is 1. The highest BCUT2D eigenvalue weighted by molar-refractivity contribution is 7.97. The van der Waals surface area contributed by atoms with E-state index >= 15 is 0 Å². The zero-order valence-electron chi connectivity index (χ0n) is 20.2. The molecule has 10 heteroatoms. The molecule has 3 aromatic heterocycles. The standard InChI is InChI=1S/C27H25FN6OS2/c1-35-21-6-2-4-18(16-21)24-25(34-14-15-36-27(34)32-24)23-11-12-29-26(31-23)30-20-5-3-13-33(17-20)37-22-9-7-19(28)8-10-22/h2,4,6-12,14-16,20H,3,5,13,17H2,1H3,(H,29,30,31)/t20-/m1/s1. The van der Waals surface area contributed by atoms with E-state index < -0.39 is 0 Å². The molecular formula is C27H25FN6OS2. The molecule has 0 bridgehead atoms. The Labute approximate surface area is 222 Å². The van der Waals surface area contributed by atoms with E-state index in [1.165, 1.54) is 12.1 Å². The summed E-state index contributed by atoms with van der Waals surface area (Å²) in [5.74, 6) is 1.16. The molecule has 0 spiro atoms. The average molecular weight is 533 g/mol. The van der Waals surface area contributed by atoms with Crippen LogP contribution in [0.1, 0.15) is 12.8 Å². The van der Waals surface area contributed by atoms with E-state index in [4.69, 9.17) is 14.7 Å². The molecule has 188 valence electrons. The molecule has 6 rings (SSSR count). The lowest BCUT2D eigenvalue weighted by molar-refractivity contribution is 0.355. The Kier molecular flexibility index (Phi) is 6.77. The highest BCUT2D eigenvalue weighted by Gasteiger charge is 2.23. The lowest BCUT2D eigenvalue weighted by Gasteiger charge is -2.32. The van der Waals surface area contributed by atoms with Crippen LogP contribution in [0.15, 0.2) is 77.3 Å². The van der Waals surface area contributed by atoms with Crippen LogP contribution < -0.4 is 10.1 Å². The molecule has 5 aromatic rings. The van der Waals surface area contributed by atoms with Crippen LogP contribution in [0.4, 0.5) is 10.3 Å².